The van der Waals surface area contributed by atoms with Gasteiger partial charge >= 0.3 is 12.2 Å². The van der Waals surface area contributed by atoms with E-state index in [4.69, 9.17) is 19.0 Å². The number of ether oxygens (including phenoxy) is 3. The molecule has 8 rings (SSSR count). The van der Waals surface area contributed by atoms with Crippen LogP contribution in [0.3, 0.4) is 0 Å². The van der Waals surface area contributed by atoms with Crippen LogP contribution in [-0.2, 0) is 32.2 Å². The third-order valence-corrected chi connectivity index (χ3v) is 10.4. The number of hydroxylamine groups is 2. The largest absolute Gasteiger partial charge is 0.533 e. The van der Waals surface area contributed by atoms with Crippen molar-refractivity contribution in [1.82, 2.24) is 24.9 Å². The molecule has 3 fully saturated rings. The molecule has 2 amide bonds. The van der Waals surface area contributed by atoms with Gasteiger partial charge < -0.3 is 14.2 Å². The molecule has 3 aliphatic heterocycles. The van der Waals surface area contributed by atoms with E-state index in [1.54, 1.807) is 12.1 Å². The smallest absolute Gasteiger partial charge is 0.472 e. The number of aryl methyl sites for hydroxylation is 1. The number of amides is 2. The highest BCUT2D eigenvalue weighted by atomic mass is 19.1. The Morgan fingerprint density at radius 2 is 1.69 bits per heavy atom. The van der Waals surface area contributed by atoms with Crippen molar-refractivity contribution < 1.29 is 42.2 Å². The maximum atomic E-state index is 16.9. The highest BCUT2D eigenvalue weighted by Gasteiger charge is 2.45. The molecular formula is C40H37F2N5O7. The first kappa shape index (κ1) is 35.3. The number of halogens is 2. The predicted octanol–water partition coefficient (Wildman–Crippen LogP) is 6.86. The number of pyridine rings is 1. The molecule has 14 heteroatoms. The van der Waals surface area contributed by atoms with Crippen molar-refractivity contribution in [3.05, 3.63) is 89.6 Å². The second kappa shape index (κ2) is 14.9. The van der Waals surface area contributed by atoms with Crippen LogP contribution in [0.25, 0.3) is 32.9 Å². The summed E-state index contributed by atoms with van der Waals surface area (Å²) in [6, 6.07) is 17.4. The topological polar surface area (TPSA) is 133 Å². The summed E-state index contributed by atoms with van der Waals surface area (Å²) >= 11 is 0. The Kier molecular flexibility index (Phi) is 9.76. The molecule has 0 saturated carbocycles. The lowest BCUT2D eigenvalue weighted by Gasteiger charge is -2.31. The van der Waals surface area contributed by atoms with Crippen LogP contribution in [0.2, 0.25) is 0 Å². The number of fused-ring (bicyclic) bond motifs is 3. The van der Waals surface area contributed by atoms with Gasteiger partial charge in [-0.15, -0.1) is 0 Å². The zero-order chi connectivity index (χ0) is 37.2. The van der Waals surface area contributed by atoms with Gasteiger partial charge in [0.25, 0.3) is 11.8 Å². The van der Waals surface area contributed by atoms with Crippen LogP contribution in [0, 0.1) is 11.6 Å². The van der Waals surface area contributed by atoms with Crippen LogP contribution in [0.4, 0.5) is 13.6 Å². The maximum absolute atomic E-state index is 16.9. The third-order valence-electron chi connectivity index (χ3n) is 10.4. The number of benzene rings is 3. The first-order valence-electron chi connectivity index (χ1n) is 18.1. The highest BCUT2D eigenvalue weighted by molar-refractivity contribution is 6.01. The zero-order valence-electron chi connectivity index (χ0n) is 29.4. The lowest BCUT2D eigenvalue weighted by Crippen LogP contribution is -2.43. The van der Waals surface area contributed by atoms with E-state index in [1.165, 1.54) is 18.3 Å². The number of carbonyl (C=O) groups is 3. The Labute approximate surface area is 308 Å². The lowest BCUT2D eigenvalue weighted by atomic mass is 9.94. The molecule has 0 N–H and O–H groups in total. The average molecular weight is 738 g/mol. The highest BCUT2D eigenvalue weighted by Crippen LogP contribution is 2.40. The maximum Gasteiger partial charge on any atom is 0.533 e. The van der Waals surface area contributed by atoms with Crippen LogP contribution in [-0.4, -0.2) is 74.7 Å². The molecule has 54 heavy (non-hydrogen) atoms. The van der Waals surface area contributed by atoms with Gasteiger partial charge in [-0.05, 0) is 85.6 Å². The molecule has 0 atom stereocenters. The Morgan fingerprint density at radius 3 is 2.46 bits per heavy atom. The number of hydrogen-bond acceptors (Lipinski definition) is 11. The fraction of sp³-hybridized carbons (Fsp3) is 0.350. The monoisotopic (exact) mass is 737 g/mol. The molecule has 0 unspecified atom stereocenters. The fourth-order valence-electron chi connectivity index (χ4n) is 7.80. The van der Waals surface area contributed by atoms with Gasteiger partial charge in [-0.3, -0.25) is 24.3 Å². The molecule has 0 radical (unpaired) electrons. The fourth-order valence-corrected chi connectivity index (χ4v) is 7.80. The summed E-state index contributed by atoms with van der Waals surface area (Å²) in [7, 11) is 0. The molecule has 278 valence electrons. The van der Waals surface area contributed by atoms with Gasteiger partial charge in [0.1, 0.15) is 30.2 Å². The van der Waals surface area contributed by atoms with Crippen molar-refractivity contribution in [2.45, 2.75) is 63.5 Å². The van der Waals surface area contributed by atoms with E-state index in [1.807, 2.05) is 36.4 Å². The first-order valence-corrected chi connectivity index (χ1v) is 18.1. The van der Waals surface area contributed by atoms with Crippen LogP contribution < -0.4 is 9.47 Å². The van der Waals surface area contributed by atoms with E-state index in [0.717, 1.165) is 49.9 Å². The Bertz CT molecular complexity index is 2230. The minimum Gasteiger partial charge on any atom is -0.472 e. The summed E-state index contributed by atoms with van der Waals surface area (Å²) in [5.74, 6) is -2.48. The first-order chi connectivity index (χ1) is 26.3. The number of nitrogens with zero attached hydrogens (tertiary/aromatic N) is 5. The van der Waals surface area contributed by atoms with Crippen molar-refractivity contribution in [3.8, 4) is 23.1 Å². The summed E-state index contributed by atoms with van der Waals surface area (Å²) < 4.78 is 49.6. The summed E-state index contributed by atoms with van der Waals surface area (Å²) in [6.07, 6.45) is 5.01. The number of carbonyl (C=O) groups excluding carboxylic acids is 3. The Hall–Kier alpha value is -5.76. The normalized spacial score (nSPS) is 16.7. The summed E-state index contributed by atoms with van der Waals surface area (Å²) in [5, 5.41) is 1.73. The average Bonchev–Trinajstić information content (AvgIpc) is 3.86. The van der Waals surface area contributed by atoms with Gasteiger partial charge in [-0.25, -0.2) is 13.6 Å². The van der Waals surface area contributed by atoms with E-state index in [9.17, 15) is 14.4 Å². The minimum atomic E-state index is -1.18. The molecule has 3 aromatic carbocycles. The Morgan fingerprint density at radius 1 is 0.907 bits per heavy atom. The lowest BCUT2D eigenvalue weighted by molar-refractivity contribution is -0.177. The van der Waals surface area contributed by atoms with E-state index < -0.39 is 29.6 Å². The van der Waals surface area contributed by atoms with Crippen LogP contribution >= 0.6 is 0 Å². The molecule has 3 saturated heterocycles. The van der Waals surface area contributed by atoms with Crippen molar-refractivity contribution in [1.29, 1.82) is 0 Å². The number of hydrogen-bond donors (Lipinski definition) is 0. The van der Waals surface area contributed by atoms with Crippen molar-refractivity contribution in [2.75, 3.05) is 26.3 Å². The molecule has 5 aromatic rings. The summed E-state index contributed by atoms with van der Waals surface area (Å²) in [5.41, 5.74) is 1.54. The molecule has 0 bridgehead atoms. The van der Waals surface area contributed by atoms with Gasteiger partial charge in [0, 0.05) is 24.6 Å². The molecule has 0 aliphatic carbocycles. The molecular weight excluding hydrogens is 700 g/mol. The quantitative estimate of drug-likeness (QED) is 0.0756. The van der Waals surface area contributed by atoms with Crippen LogP contribution in [0.15, 0.2) is 66.9 Å². The Balaban J connectivity index is 1.10. The van der Waals surface area contributed by atoms with Crippen molar-refractivity contribution in [2.24, 2.45) is 0 Å². The second-order valence-electron chi connectivity index (χ2n) is 13.8. The van der Waals surface area contributed by atoms with Gasteiger partial charge in [-0.1, -0.05) is 53.6 Å². The molecule has 0 spiro atoms. The standard InChI is InChI=1S/C40H37F2N5O7/c41-28-20-27-11-4-10-26(12-5-19-51-39(50)54-47-31(48)13-14-32(47)49)33(27)29(21-28)35-34(42)36-30(22-43-35)37(52-23-25-8-2-1-3-9-25)45-38(44-36)53-24-40-15-6-17-46(40)18-7-16-40/h1-4,8-11,20-22H,5-7,12-19,23-24H2. The van der Waals surface area contributed by atoms with E-state index >= 15 is 8.78 Å². The van der Waals surface area contributed by atoms with E-state index in [0.29, 0.717) is 35.3 Å². The minimum absolute atomic E-state index is 0.0171. The van der Waals surface area contributed by atoms with Crippen molar-refractivity contribution >= 4 is 39.6 Å². The van der Waals surface area contributed by atoms with Gasteiger partial charge in [0.2, 0.25) is 5.88 Å². The van der Waals surface area contributed by atoms with Crippen LogP contribution in [0.5, 0.6) is 11.9 Å². The third kappa shape index (κ3) is 7.00. The molecule has 3 aliphatic rings. The van der Waals surface area contributed by atoms with E-state index in [2.05, 4.69) is 19.9 Å². The van der Waals surface area contributed by atoms with Crippen molar-refractivity contribution in [3.63, 3.8) is 0 Å². The SMILES string of the molecule is O=C(OCCCc1cccc2cc(F)cc(-c3ncc4c(OCc5ccccc5)nc(OCC56CCCN5CCC6)nc4c3F)c12)ON1C(=O)CCC1=O. The summed E-state index contributed by atoms with van der Waals surface area (Å²) in [4.78, 5) is 56.5. The van der Waals surface area contributed by atoms with Gasteiger partial charge in [-0.2, -0.15) is 9.97 Å². The number of rotatable bonds is 12. The van der Waals surface area contributed by atoms with Gasteiger partial charge in [0.05, 0.1) is 17.5 Å². The van der Waals surface area contributed by atoms with Gasteiger partial charge in [0.15, 0.2) is 5.82 Å². The molecule has 5 heterocycles. The molecule has 12 nitrogen and oxygen atoms in total. The second-order valence-corrected chi connectivity index (χ2v) is 13.8. The predicted molar refractivity (Wildman–Crippen MR) is 191 cm³/mol. The van der Waals surface area contributed by atoms with Crippen LogP contribution in [0.1, 0.15) is 56.1 Å². The number of aromatic nitrogens is 3. The zero-order valence-corrected chi connectivity index (χ0v) is 29.4. The van der Waals surface area contributed by atoms with E-state index in [-0.39, 0.29) is 65.6 Å². The summed E-state index contributed by atoms with van der Waals surface area (Å²) in [6.45, 7) is 2.47. The molecule has 2 aromatic heterocycles. The number of imide groups is 1.